The summed E-state index contributed by atoms with van der Waals surface area (Å²) in [5.41, 5.74) is 0. The van der Waals surface area contributed by atoms with E-state index in [9.17, 15) is 0 Å². The van der Waals surface area contributed by atoms with Crippen LogP contribution in [0, 0.1) is 0 Å². The van der Waals surface area contributed by atoms with Crippen molar-refractivity contribution in [1.82, 2.24) is 5.32 Å². The normalized spacial score (nSPS) is 20.6. The Morgan fingerprint density at radius 1 is 1.14 bits per heavy atom. The van der Waals surface area contributed by atoms with Gasteiger partial charge < -0.3 is 10.1 Å². The summed E-state index contributed by atoms with van der Waals surface area (Å²) in [4.78, 5) is 0. The number of ether oxygens (including phenoxy) is 1. The second-order valence-corrected chi connectivity index (χ2v) is 1.36. The van der Waals surface area contributed by atoms with E-state index in [0.29, 0.717) is 0 Å². The summed E-state index contributed by atoms with van der Waals surface area (Å²) < 4.78 is 5.01. The maximum atomic E-state index is 5.01. The molecule has 0 aromatic heterocycles. The number of hydrogen-bond donors (Lipinski definition) is 1. The second kappa shape index (κ2) is 4.70. The summed E-state index contributed by atoms with van der Waals surface area (Å²) in [6.45, 7) is 3.83. The van der Waals surface area contributed by atoms with Crippen molar-refractivity contribution >= 4 is 0 Å². The van der Waals surface area contributed by atoms with Gasteiger partial charge in [-0.1, -0.05) is 0 Å². The Hall–Kier alpha value is 0.543. The fourth-order valence-electron chi connectivity index (χ4n) is 0.516. The predicted molar refractivity (Wildman–Crippen MR) is 23.7 cm³/mol. The van der Waals surface area contributed by atoms with E-state index in [-0.39, 0.29) is 19.5 Å². The van der Waals surface area contributed by atoms with Crippen molar-refractivity contribution in [2.75, 3.05) is 26.3 Å². The summed E-state index contributed by atoms with van der Waals surface area (Å²) in [6, 6.07) is 0. The molecule has 1 aliphatic heterocycles. The van der Waals surface area contributed by atoms with Crippen LogP contribution in [0.15, 0.2) is 0 Å². The van der Waals surface area contributed by atoms with E-state index >= 15 is 0 Å². The van der Waals surface area contributed by atoms with Crippen LogP contribution in [0.5, 0.6) is 0 Å². The Morgan fingerprint density at radius 2 is 1.71 bits per heavy atom. The molecule has 3 heteroatoms. The molecule has 0 spiro atoms. The summed E-state index contributed by atoms with van der Waals surface area (Å²) >= 11 is 0. The average molecular weight is 153 g/mol. The van der Waals surface area contributed by atoms with Gasteiger partial charge in [0.05, 0.1) is 13.2 Å². The summed E-state index contributed by atoms with van der Waals surface area (Å²) in [7, 11) is 0. The summed E-state index contributed by atoms with van der Waals surface area (Å²) in [5, 5.41) is 3.16. The van der Waals surface area contributed by atoms with Crippen molar-refractivity contribution in [3.8, 4) is 0 Å². The first-order valence-electron chi connectivity index (χ1n) is 2.28. The first-order valence-corrected chi connectivity index (χ1v) is 2.28. The molecule has 0 aliphatic carbocycles. The quantitative estimate of drug-likeness (QED) is 0.477. The summed E-state index contributed by atoms with van der Waals surface area (Å²) in [6.07, 6.45) is 0. The molecule has 1 heterocycles. The van der Waals surface area contributed by atoms with Gasteiger partial charge in [0.2, 0.25) is 0 Å². The fourth-order valence-corrected chi connectivity index (χ4v) is 0.516. The maximum Gasteiger partial charge on any atom is 0.0591 e. The van der Waals surface area contributed by atoms with Crippen LogP contribution in [0.1, 0.15) is 0 Å². The van der Waals surface area contributed by atoms with Gasteiger partial charge in [0.25, 0.3) is 0 Å². The van der Waals surface area contributed by atoms with E-state index in [4.69, 9.17) is 4.74 Å². The van der Waals surface area contributed by atoms with Crippen LogP contribution < -0.4 is 5.32 Å². The third-order valence-corrected chi connectivity index (χ3v) is 0.846. The van der Waals surface area contributed by atoms with Crippen molar-refractivity contribution < 1.29 is 24.2 Å². The molecule has 0 unspecified atom stereocenters. The monoisotopic (exact) mass is 151 g/mol. The van der Waals surface area contributed by atoms with Gasteiger partial charge in [0.15, 0.2) is 0 Å². The van der Waals surface area contributed by atoms with Crippen LogP contribution in [-0.2, 0) is 24.2 Å². The van der Waals surface area contributed by atoms with Crippen molar-refractivity contribution in [1.29, 1.82) is 0 Å². The molecule has 0 saturated carbocycles. The molecule has 1 saturated heterocycles. The predicted octanol–water partition coefficient (Wildman–Crippen LogP) is -0.396. The van der Waals surface area contributed by atoms with E-state index in [1.54, 1.807) is 0 Å². The molecular weight excluding hydrogens is 143 g/mol. The molecular formula is C4H9NOZn. The van der Waals surface area contributed by atoms with Gasteiger partial charge in [-0.2, -0.15) is 0 Å². The molecule has 1 N–H and O–H groups in total. The average Bonchev–Trinajstić information content (AvgIpc) is 1.72. The van der Waals surface area contributed by atoms with Gasteiger partial charge in [0, 0.05) is 32.6 Å². The molecule has 0 aromatic rings. The Labute approximate surface area is 56.4 Å². The van der Waals surface area contributed by atoms with E-state index in [0.717, 1.165) is 26.3 Å². The standard InChI is InChI=1S/C4H9NO.Zn/c1-3-6-4-2-5-1;/h5H,1-4H2;. The SMILES string of the molecule is C1COCCN1.[Zn]. The molecule has 1 fully saturated rings. The third kappa shape index (κ3) is 3.15. The molecule has 7 heavy (non-hydrogen) atoms. The fraction of sp³-hybridized carbons (Fsp3) is 1.00. The zero-order valence-corrected chi connectivity index (χ0v) is 7.41. The van der Waals surface area contributed by atoms with Crippen LogP contribution in [0.3, 0.4) is 0 Å². The van der Waals surface area contributed by atoms with Crippen LogP contribution in [0.4, 0.5) is 0 Å². The molecule has 0 atom stereocenters. The molecule has 0 radical (unpaired) electrons. The topological polar surface area (TPSA) is 21.3 Å². The molecule has 0 aromatic carbocycles. The minimum atomic E-state index is 0. The van der Waals surface area contributed by atoms with Gasteiger partial charge in [-0.25, -0.2) is 0 Å². The second-order valence-electron chi connectivity index (χ2n) is 1.36. The number of nitrogens with one attached hydrogen (secondary N) is 1. The smallest absolute Gasteiger partial charge is 0.0591 e. The maximum absolute atomic E-state index is 5.01. The van der Waals surface area contributed by atoms with Crippen LogP contribution in [-0.4, -0.2) is 26.3 Å². The van der Waals surface area contributed by atoms with Gasteiger partial charge in [-0.15, -0.1) is 0 Å². The third-order valence-electron chi connectivity index (χ3n) is 0.846. The largest absolute Gasteiger partial charge is 0.379 e. The molecule has 0 bridgehead atoms. The van der Waals surface area contributed by atoms with E-state index < -0.39 is 0 Å². The molecule has 38 valence electrons. The van der Waals surface area contributed by atoms with Gasteiger partial charge >= 0.3 is 0 Å². The first kappa shape index (κ1) is 7.54. The van der Waals surface area contributed by atoms with E-state index in [2.05, 4.69) is 5.32 Å². The van der Waals surface area contributed by atoms with Gasteiger partial charge in [-0.05, 0) is 0 Å². The zero-order chi connectivity index (χ0) is 4.24. The molecule has 1 aliphatic rings. The minimum Gasteiger partial charge on any atom is -0.379 e. The van der Waals surface area contributed by atoms with Crippen molar-refractivity contribution in [3.63, 3.8) is 0 Å². The Kier molecular flexibility index (Phi) is 5.06. The van der Waals surface area contributed by atoms with E-state index in [1.165, 1.54) is 0 Å². The molecule has 1 rings (SSSR count). The van der Waals surface area contributed by atoms with Crippen LogP contribution in [0.2, 0.25) is 0 Å². The Morgan fingerprint density at radius 3 is 1.86 bits per heavy atom. The number of morpholine rings is 1. The van der Waals surface area contributed by atoms with Crippen molar-refractivity contribution in [3.05, 3.63) is 0 Å². The van der Waals surface area contributed by atoms with E-state index in [1.807, 2.05) is 0 Å². The van der Waals surface area contributed by atoms with Gasteiger partial charge in [-0.3, -0.25) is 0 Å². The Bertz CT molecular complexity index is 27.2. The number of hydrogen-bond acceptors (Lipinski definition) is 2. The molecule has 2 nitrogen and oxygen atoms in total. The Balaban J connectivity index is 0.000000360. The first-order chi connectivity index (χ1) is 3.00. The van der Waals surface area contributed by atoms with Gasteiger partial charge in [0.1, 0.15) is 0 Å². The minimum absolute atomic E-state index is 0. The molecule has 0 amide bonds. The number of rotatable bonds is 0. The van der Waals surface area contributed by atoms with Crippen LogP contribution >= 0.6 is 0 Å². The van der Waals surface area contributed by atoms with Crippen LogP contribution in [0.25, 0.3) is 0 Å². The van der Waals surface area contributed by atoms with Crippen molar-refractivity contribution in [2.45, 2.75) is 0 Å². The van der Waals surface area contributed by atoms with Crippen molar-refractivity contribution in [2.24, 2.45) is 0 Å². The zero-order valence-electron chi connectivity index (χ0n) is 4.44. The summed E-state index contributed by atoms with van der Waals surface area (Å²) in [5.74, 6) is 0.